The van der Waals surface area contributed by atoms with Gasteiger partial charge < -0.3 is 16.0 Å². The lowest BCUT2D eigenvalue weighted by Crippen LogP contribution is -2.15. The molecule has 1 heterocycles. The van der Waals surface area contributed by atoms with E-state index in [4.69, 9.17) is 28.9 Å². The third-order valence-corrected chi connectivity index (χ3v) is 3.64. The summed E-state index contributed by atoms with van der Waals surface area (Å²) in [5.74, 6) is -0.0279. The van der Waals surface area contributed by atoms with Crippen molar-refractivity contribution in [1.82, 2.24) is 9.97 Å². The number of nitrogens with zero attached hydrogens (tertiary/aromatic N) is 1. The maximum atomic E-state index is 11.8. The fourth-order valence-corrected chi connectivity index (χ4v) is 2.58. The number of hydrogen-bond acceptors (Lipinski definition) is 4. The molecule has 8 heteroatoms. The van der Waals surface area contributed by atoms with E-state index in [0.29, 0.717) is 26.6 Å². The van der Waals surface area contributed by atoms with E-state index in [1.807, 2.05) is 0 Å². The standard InChI is InChI=1S/C11H10Cl2N4OS/c12-7-3-6(14)4-8(13)10(7)17-9(18)5-19-11-15-1-2-16-11/h1-4H,5,14H2,(H,15,16)(H,17,18). The van der Waals surface area contributed by atoms with Gasteiger partial charge in [-0.1, -0.05) is 35.0 Å². The largest absolute Gasteiger partial charge is 0.399 e. The Bertz CT molecular complexity index is 565. The maximum Gasteiger partial charge on any atom is 0.234 e. The van der Waals surface area contributed by atoms with Crippen LogP contribution in [-0.4, -0.2) is 21.6 Å². The summed E-state index contributed by atoms with van der Waals surface area (Å²) < 4.78 is 0. The molecule has 0 bridgehead atoms. The van der Waals surface area contributed by atoms with E-state index in [0.717, 1.165) is 0 Å². The molecule has 100 valence electrons. The highest BCUT2D eigenvalue weighted by molar-refractivity contribution is 7.99. The first-order valence-electron chi connectivity index (χ1n) is 5.23. The third kappa shape index (κ3) is 3.79. The minimum absolute atomic E-state index is 0.199. The highest BCUT2D eigenvalue weighted by Gasteiger charge is 2.11. The van der Waals surface area contributed by atoms with Crippen LogP contribution >= 0.6 is 35.0 Å². The Morgan fingerprint density at radius 3 is 2.68 bits per heavy atom. The number of carbonyl (C=O) groups is 1. The Labute approximate surface area is 123 Å². The molecule has 2 rings (SSSR count). The summed E-state index contributed by atoms with van der Waals surface area (Å²) in [6.45, 7) is 0. The van der Waals surface area contributed by atoms with Crippen LogP contribution in [0.2, 0.25) is 10.0 Å². The topological polar surface area (TPSA) is 83.8 Å². The first kappa shape index (κ1) is 14.0. The number of benzene rings is 1. The summed E-state index contributed by atoms with van der Waals surface area (Å²) in [6.07, 6.45) is 3.31. The predicted octanol–water partition coefficient (Wildman–Crippen LogP) is 3.03. The summed E-state index contributed by atoms with van der Waals surface area (Å²) >= 11 is 13.2. The molecule has 4 N–H and O–H groups in total. The van der Waals surface area contributed by atoms with Crippen LogP contribution in [0.4, 0.5) is 11.4 Å². The smallest absolute Gasteiger partial charge is 0.234 e. The SMILES string of the molecule is Nc1cc(Cl)c(NC(=O)CSc2ncc[nH]2)c(Cl)c1. The van der Waals surface area contributed by atoms with Crippen LogP contribution < -0.4 is 11.1 Å². The van der Waals surface area contributed by atoms with Gasteiger partial charge in [-0.2, -0.15) is 0 Å². The lowest BCUT2D eigenvalue weighted by atomic mass is 10.3. The summed E-state index contributed by atoms with van der Waals surface area (Å²) in [4.78, 5) is 18.7. The quantitative estimate of drug-likeness (QED) is 0.598. The van der Waals surface area contributed by atoms with Gasteiger partial charge >= 0.3 is 0 Å². The zero-order chi connectivity index (χ0) is 13.8. The number of nitrogens with two attached hydrogens (primary N) is 1. The maximum absolute atomic E-state index is 11.8. The highest BCUT2D eigenvalue weighted by Crippen LogP contribution is 2.32. The average Bonchev–Trinajstić information content (AvgIpc) is 2.84. The first-order valence-corrected chi connectivity index (χ1v) is 6.97. The first-order chi connectivity index (χ1) is 9.06. The second-order valence-electron chi connectivity index (χ2n) is 3.59. The Balaban J connectivity index is 1.99. The van der Waals surface area contributed by atoms with Crippen LogP contribution in [0.5, 0.6) is 0 Å². The van der Waals surface area contributed by atoms with E-state index < -0.39 is 0 Å². The van der Waals surface area contributed by atoms with Gasteiger partial charge in [-0.15, -0.1) is 0 Å². The van der Waals surface area contributed by atoms with Crippen LogP contribution in [-0.2, 0) is 4.79 Å². The Hall–Kier alpha value is -1.37. The predicted molar refractivity (Wildman–Crippen MR) is 78.8 cm³/mol. The van der Waals surface area contributed by atoms with Crippen molar-refractivity contribution in [3.63, 3.8) is 0 Å². The Morgan fingerprint density at radius 1 is 1.42 bits per heavy atom. The van der Waals surface area contributed by atoms with Gasteiger partial charge in [-0.05, 0) is 12.1 Å². The zero-order valence-electron chi connectivity index (χ0n) is 9.61. The number of amides is 1. The van der Waals surface area contributed by atoms with E-state index in [2.05, 4.69) is 15.3 Å². The molecule has 1 amide bonds. The Kier molecular flexibility index (Phi) is 4.57. The summed E-state index contributed by atoms with van der Waals surface area (Å²) in [7, 11) is 0. The number of aromatic nitrogens is 2. The molecule has 5 nitrogen and oxygen atoms in total. The van der Waals surface area contributed by atoms with Crippen LogP contribution in [0.15, 0.2) is 29.7 Å². The number of hydrogen-bond donors (Lipinski definition) is 3. The monoisotopic (exact) mass is 316 g/mol. The molecule has 0 saturated heterocycles. The van der Waals surface area contributed by atoms with Crippen LogP contribution in [0.1, 0.15) is 0 Å². The summed E-state index contributed by atoms with van der Waals surface area (Å²) in [5, 5.41) is 3.93. The molecule has 0 radical (unpaired) electrons. The Morgan fingerprint density at radius 2 is 2.11 bits per heavy atom. The molecular formula is C11H10Cl2N4OS. The molecule has 0 aliphatic heterocycles. The number of imidazole rings is 1. The van der Waals surface area contributed by atoms with Crippen molar-refractivity contribution < 1.29 is 4.79 Å². The minimum Gasteiger partial charge on any atom is -0.399 e. The number of rotatable bonds is 4. The number of anilines is 2. The molecule has 0 aliphatic rings. The fraction of sp³-hybridized carbons (Fsp3) is 0.0909. The number of H-pyrrole nitrogens is 1. The number of aromatic amines is 1. The molecule has 0 unspecified atom stereocenters. The van der Waals surface area contributed by atoms with E-state index in [-0.39, 0.29) is 11.7 Å². The lowest BCUT2D eigenvalue weighted by Gasteiger charge is -2.09. The molecule has 0 atom stereocenters. The van der Waals surface area contributed by atoms with Crippen molar-refractivity contribution in [2.75, 3.05) is 16.8 Å². The number of halogens is 2. The fourth-order valence-electron chi connectivity index (χ4n) is 1.35. The zero-order valence-corrected chi connectivity index (χ0v) is 11.9. The average molecular weight is 317 g/mol. The number of nitrogens with one attached hydrogen (secondary N) is 2. The van der Waals surface area contributed by atoms with Gasteiger partial charge in [0.2, 0.25) is 5.91 Å². The molecule has 0 aliphatic carbocycles. The second-order valence-corrected chi connectivity index (χ2v) is 5.37. The van der Waals surface area contributed by atoms with Crippen molar-refractivity contribution in [2.45, 2.75) is 5.16 Å². The summed E-state index contributed by atoms with van der Waals surface area (Å²) in [5.41, 5.74) is 6.39. The molecule has 19 heavy (non-hydrogen) atoms. The molecule has 0 saturated carbocycles. The van der Waals surface area contributed by atoms with Crippen LogP contribution in [0, 0.1) is 0 Å². The van der Waals surface area contributed by atoms with Crippen molar-refractivity contribution in [3.8, 4) is 0 Å². The third-order valence-electron chi connectivity index (χ3n) is 2.14. The van der Waals surface area contributed by atoms with Crippen LogP contribution in [0.25, 0.3) is 0 Å². The van der Waals surface area contributed by atoms with E-state index >= 15 is 0 Å². The minimum atomic E-state index is -0.227. The van der Waals surface area contributed by atoms with Gasteiger partial charge in [0, 0.05) is 18.1 Å². The van der Waals surface area contributed by atoms with Gasteiger partial charge in [-0.25, -0.2) is 4.98 Å². The van der Waals surface area contributed by atoms with Gasteiger partial charge in [0.15, 0.2) is 5.16 Å². The molecule has 2 aromatic rings. The van der Waals surface area contributed by atoms with Crippen molar-refractivity contribution in [3.05, 3.63) is 34.6 Å². The number of nitrogen functional groups attached to an aromatic ring is 1. The van der Waals surface area contributed by atoms with Crippen molar-refractivity contribution >= 4 is 52.2 Å². The number of carbonyl (C=O) groups excluding carboxylic acids is 1. The number of thioether (sulfide) groups is 1. The second kappa shape index (κ2) is 6.18. The molecule has 1 aromatic carbocycles. The molecule has 1 aromatic heterocycles. The van der Waals surface area contributed by atoms with Gasteiger partial charge in [0.05, 0.1) is 21.5 Å². The molecule has 0 spiro atoms. The summed E-state index contributed by atoms with van der Waals surface area (Å²) in [6, 6.07) is 3.06. The molecular weight excluding hydrogens is 307 g/mol. The highest BCUT2D eigenvalue weighted by atomic mass is 35.5. The van der Waals surface area contributed by atoms with Gasteiger partial charge in [0.25, 0.3) is 0 Å². The lowest BCUT2D eigenvalue weighted by molar-refractivity contribution is -0.113. The van der Waals surface area contributed by atoms with Crippen LogP contribution in [0.3, 0.4) is 0 Å². The van der Waals surface area contributed by atoms with E-state index in [1.54, 1.807) is 12.4 Å². The van der Waals surface area contributed by atoms with Crippen molar-refractivity contribution in [1.29, 1.82) is 0 Å². The normalized spacial score (nSPS) is 10.4. The van der Waals surface area contributed by atoms with E-state index in [1.165, 1.54) is 23.9 Å². The van der Waals surface area contributed by atoms with Gasteiger partial charge in [0.1, 0.15) is 0 Å². The van der Waals surface area contributed by atoms with Gasteiger partial charge in [-0.3, -0.25) is 4.79 Å². The molecule has 0 fully saturated rings. The van der Waals surface area contributed by atoms with E-state index in [9.17, 15) is 4.79 Å². The van der Waals surface area contributed by atoms with Crippen molar-refractivity contribution in [2.24, 2.45) is 0 Å².